The summed E-state index contributed by atoms with van der Waals surface area (Å²) < 4.78 is 24.7. The number of rotatable bonds is 7. The molecule has 0 heterocycles. The topological polar surface area (TPSA) is 32.3 Å². The molecule has 0 amide bonds. The van der Waals surface area contributed by atoms with Crippen LogP contribution in [-0.4, -0.2) is 42.7 Å². The molecule has 0 spiro atoms. The Morgan fingerprint density at radius 3 is 2.67 bits per heavy atom. The van der Waals surface area contributed by atoms with Crippen LogP contribution in [0.1, 0.15) is 6.42 Å². The lowest BCUT2D eigenvalue weighted by atomic mass is 10.3. The van der Waals surface area contributed by atoms with E-state index in [-0.39, 0.29) is 0 Å². The molecule has 5 heteroatoms. The first-order chi connectivity index (χ1) is 5.62. The fraction of sp³-hybridized carbons (Fsp3) is 1.00. The molecular weight excluding hydrogens is 184 g/mol. The fourth-order valence-corrected chi connectivity index (χ4v) is 1.10. The van der Waals surface area contributed by atoms with Gasteiger partial charge in [0, 0.05) is 0 Å². The van der Waals surface area contributed by atoms with Gasteiger partial charge in [-0.1, -0.05) is 0 Å². The van der Waals surface area contributed by atoms with Crippen molar-refractivity contribution in [1.29, 1.82) is 0 Å². The first-order valence-electron chi connectivity index (χ1n) is 3.81. The van der Waals surface area contributed by atoms with E-state index in [2.05, 4.69) is 5.32 Å². The summed E-state index contributed by atoms with van der Waals surface area (Å²) in [5.41, 5.74) is 0. The largest absolute Gasteiger partial charge is 0.390 e. The van der Waals surface area contributed by atoms with E-state index in [1.165, 1.54) is 0 Å². The maximum atomic E-state index is 12.3. The highest BCUT2D eigenvalue weighted by Crippen LogP contribution is 2.09. The highest BCUT2D eigenvalue weighted by molar-refractivity contribution is 7.98. The van der Waals surface area contributed by atoms with Crippen LogP contribution in [0.15, 0.2) is 0 Å². The van der Waals surface area contributed by atoms with E-state index in [1.807, 2.05) is 6.26 Å². The van der Waals surface area contributed by atoms with Crippen LogP contribution < -0.4 is 5.32 Å². The molecular formula is C7H15F2NOS. The molecule has 12 heavy (non-hydrogen) atoms. The normalized spacial score (nSPS) is 12.0. The molecule has 0 aromatic carbocycles. The summed E-state index contributed by atoms with van der Waals surface area (Å²) in [6.45, 7) is -0.934. The first-order valence-corrected chi connectivity index (χ1v) is 5.20. The van der Waals surface area contributed by atoms with Crippen LogP contribution >= 0.6 is 11.8 Å². The van der Waals surface area contributed by atoms with Gasteiger partial charge in [0.1, 0.15) is 6.61 Å². The number of aliphatic hydroxyl groups is 1. The van der Waals surface area contributed by atoms with Crippen molar-refractivity contribution >= 4 is 11.8 Å². The zero-order chi connectivity index (χ0) is 9.45. The van der Waals surface area contributed by atoms with Crippen LogP contribution in [-0.2, 0) is 0 Å². The number of alkyl halides is 2. The van der Waals surface area contributed by atoms with Crippen molar-refractivity contribution in [3.05, 3.63) is 0 Å². The Bertz CT molecular complexity index is 114. The lowest BCUT2D eigenvalue weighted by Gasteiger charge is -2.13. The molecule has 0 fully saturated rings. The zero-order valence-electron chi connectivity index (χ0n) is 7.15. The molecule has 0 aliphatic heterocycles. The lowest BCUT2D eigenvalue weighted by molar-refractivity contribution is -0.0473. The fourth-order valence-electron chi connectivity index (χ4n) is 0.669. The second kappa shape index (κ2) is 6.62. The van der Waals surface area contributed by atoms with Gasteiger partial charge in [-0.25, -0.2) is 8.78 Å². The van der Waals surface area contributed by atoms with E-state index in [4.69, 9.17) is 5.11 Å². The summed E-state index contributed by atoms with van der Waals surface area (Å²) in [6.07, 6.45) is 2.85. The highest BCUT2D eigenvalue weighted by atomic mass is 32.2. The lowest BCUT2D eigenvalue weighted by Crippen LogP contribution is -2.36. The van der Waals surface area contributed by atoms with Crippen molar-refractivity contribution in [2.24, 2.45) is 0 Å². The second-order valence-electron chi connectivity index (χ2n) is 2.54. The molecule has 2 nitrogen and oxygen atoms in total. The first kappa shape index (κ1) is 12.1. The van der Waals surface area contributed by atoms with E-state index in [0.29, 0.717) is 6.54 Å². The number of nitrogens with one attached hydrogen (secondary N) is 1. The van der Waals surface area contributed by atoms with Crippen molar-refractivity contribution in [2.45, 2.75) is 12.3 Å². The molecule has 0 saturated carbocycles. The van der Waals surface area contributed by atoms with Crippen molar-refractivity contribution < 1.29 is 13.9 Å². The van der Waals surface area contributed by atoms with Crippen LogP contribution in [0.2, 0.25) is 0 Å². The molecule has 74 valence electrons. The quantitative estimate of drug-likeness (QED) is 0.599. The molecule has 2 N–H and O–H groups in total. The predicted molar refractivity (Wildman–Crippen MR) is 47.9 cm³/mol. The van der Waals surface area contributed by atoms with E-state index < -0.39 is 19.1 Å². The molecule has 0 unspecified atom stereocenters. The van der Waals surface area contributed by atoms with Gasteiger partial charge >= 0.3 is 0 Å². The Kier molecular flexibility index (Phi) is 6.70. The molecule has 0 rings (SSSR count). The SMILES string of the molecule is CSCCCNCC(F)(F)CO. The Labute approximate surface area is 75.7 Å². The van der Waals surface area contributed by atoms with Gasteiger partial charge in [0.2, 0.25) is 0 Å². The summed E-state index contributed by atoms with van der Waals surface area (Å²) in [6, 6.07) is 0. The van der Waals surface area contributed by atoms with E-state index in [1.54, 1.807) is 11.8 Å². The van der Waals surface area contributed by atoms with Crippen LogP contribution in [0.3, 0.4) is 0 Å². The predicted octanol–water partition coefficient (Wildman–Crippen LogP) is 0.957. The number of hydrogen-bond acceptors (Lipinski definition) is 3. The van der Waals surface area contributed by atoms with Crippen LogP contribution in [0.4, 0.5) is 8.78 Å². The Morgan fingerprint density at radius 1 is 1.50 bits per heavy atom. The molecule has 0 aromatic heterocycles. The van der Waals surface area contributed by atoms with E-state index in [0.717, 1.165) is 12.2 Å². The Morgan fingerprint density at radius 2 is 2.17 bits per heavy atom. The standard InChI is InChI=1S/C7H15F2NOS/c1-12-4-2-3-10-5-7(8,9)6-11/h10-11H,2-6H2,1H3. The Hall–Kier alpha value is 0.130. The third-order valence-electron chi connectivity index (χ3n) is 1.32. The maximum Gasteiger partial charge on any atom is 0.282 e. The molecule has 0 bridgehead atoms. The average Bonchev–Trinajstić information content (AvgIpc) is 2.04. The van der Waals surface area contributed by atoms with E-state index >= 15 is 0 Å². The number of halogens is 2. The minimum Gasteiger partial charge on any atom is -0.390 e. The second-order valence-corrected chi connectivity index (χ2v) is 3.52. The van der Waals surface area contributed by atoms with Gasteiger partial charge in [0.05, 0.1) is 6.54 Å². The van der Waals surface area contributed by atoms with Gasteiger partial charge < -0.3 is 10.4 Å². The van der Waals surface area contributed by atoms with Crippen molar-refractivity contribution in [3.63, 3.8) is 0 Å². The molecule has 0 atom stereocenters. The van der Waals surface area contributed by atoms with Crippen LogP contribution in [0.5, 0.6) is 0 Å². The van der Waals surface area contributed by atoms with Crippen LogP contribution in [0, 0.1) is 0 Å². The van der Waals surface area contributed by atoms with E-state index in [9.17, 15) is 8.78 Å². The van der Waals surface area contributed by atoms with Gasteiger partial charge in [-0.2, -0.15) is 11.8 Å². The van der Waals surface area contributed by atoms with Crippen LogP contribution in [0.25, 0.3) is 0 Å². The summed E-state index contributed by atoms with van der Waals surface area (Å²) in [4.78, 5) is 0. The monoisotopic (exact) mass is 199 g/mol. The number of aliphatic hydroxyl groups excluding tert-OH is 1. The zero-order valence-corrected chi connectivity index (χ0v) is 7.96. The number of thioether (sulfide) groups is 1. The maximum absolute atomic E-state index is 12.3. The van der Waals surface area contributed by atoms with Gasteiger partial charge in [-0.15, -0.1) is 0 Å². The number of hydrogen-bond donors (Lipinski definition) is 2. The van der Waals surface area contributed by atoms with Gasteiger partial charge in [-0.05, 0) is 25.0 Å². The molecule has 0 radical (unpaired) electrons. The average molecular weight is 199 g/mol. The highest BCUT2D eigenvalue weighted by Gasteiger charge is 2.26. The molecule has 0 saturated heterocycles. The van der Waals surface area contributed by atoms with Crippen molar-refractivity contribution in [2.75, 3.05) is 31.7 Å². The van der Waals surface area contributed by atoms with Gasteiger partial charge in [0.25, 0.3) is 5.92 Å². The van der Waals surface area contributed by atoms with Gasteiger partial charge in [-0.3, -0.25) is 0 Å². The summed E-state index contributed by atoms with van der Waals surface area (Å²) >= 11 is 1.69. The molecule has 0 aliphatic carbocycles. The van der Waals surface area contributed by atoms with Crippen molar-refractivity contribution in [3.8, 4) is 0 Å². The Balaban J connectivity index is 3.19. The van der Waals surface area contributed by atoms with Crippen molar-refractivity contribution in [1.82, 2.24) is 5.32 Å². The third kappa shape index (κ3) is 6.82. The summed E-state index contributed by atoms with van der Waals surface area (Å²) in [5, 5.41) is 10.8. The molecule has 0 aliphatic rings. The minimum atomic E-state index is -2.97. The third-order valence-corrected chi connectivity index (χ3v) is 2.01. The summed E-state index contributed by atoms with van der Waals surface area (Å²) in [7, 11) is 0. The molecule has 0 aromatic rings. The summed E-state index contributed by atoms with van der Waals surface area (Å²) in [5.74, 6) is -2.00. The van der Waals surface area contributed by atoms with Gasteiger partial charge in [0.15, 0.2) is 0 Å². The smallest absolute Gasteiger partial charge is 0.282 e. The minimum absolute atomic E-state index is 0.433.